The number of aromatic nitrogens is 2. The van der Waals surface area contributed by atoms with Crippen LogP contribution in [0.15, 0.2) is 29.8 Å². The van der Waals surface area contributed by atoms with Gasteiger partial charge in [0.15, 0.2) is 0 Å². The first kappa shape index (κ1) is 10.4. The molecule has 0 aliphatic carbocycles. The summed E-state index contributed by atoms with van der Waals surface area (Å²) in [6.07, 6.45) is 2.89. The van der Waals surface area contributed by atoms with Gasteiger partial charge in [-0.05, 0) is 23.9 Å². The highest BCUT2D eigenvalue weighted by Gasteiger charge is 2.09. The smallest absolute Gasteiger partial charge is 0.0490 e. The number of thiophene rings is 1. The third-order valence-corrected chi connectivity index (χ3v) is 3.38. The quantitative estimate of drug-likeness (QED) is 0.815. The molecular weight excluding hydrogens is 206 g/mol. The average Bonchev–Trinajstić information content (AvgIpc) is 2.90. The molecule has 2 heterocycles. The Morgan fingerprint density at radius 1 is 1.53 bits per heavy atom. The zero-order valence-electron chi connectivity index (χ0n) is 8.73. The predicted octanol–water partition coefficient (Wildman–Crippen LogP) is 2.71. The van der Waals surface area contributed by atoms with Gasteiger partial charge in [-0.25, -0.2) is 0 Å². The van der Waals surface area contributed by atoms with E-state index >= 15 is 0 Å². The molecule has 0 aliphatic heterocycles. The highest BCUT2D eigenvalue weighted by atomic mass is 32.1. The maximum atomic E-state index is 3.93. The van der Waals surface area contributed by atoms with Crippen LogP contribution in [0.25, 0.3) is 0 Å². The Kier molecular flexibility index (Phi) is 3.53. The van der Waals surface area contributed by atoms with Crippen molar-refractivity contribution >= 4 is 11.3 Å². The Hall–Kier alpha value is -1.13. The Morgan fingerprint density at radius 2 is 2.47 bits per heavy atom. The van der Waals surface area contributed by atoms with Crippen LogP contribution in [0.2, 0.25) is 0 Å². The maximum absolute atomic E-state index is 3.93. The van der Waals surface area contributed by atoms with E-state index in [0.717, 1.165) is 18.7 Å². The van der Waals surface area contributed by atoms with Gasteiger partial charge in [-0.3, -0.25) is 5.10 Å². The topological polar surface area (TPSA) is 40.7 Å². The molecule has 0 radical (unpaired) electrons. The molecule has 0 saturated carbocycles. The van der Waals surface area contributed by atoms with Gasteiger partial charge in [0.2, 0.25) is 0 Å². The molecule has 0 aromatic carbocycles. The van der Waals surface area contributed by atoms with Gasteiger partial charge in [-0.2, -0.15) is 5.10 Å². The van der Waals surface area contributed by atoms with Crippen LogP contribution in [0.1, 0.15) is 30.0 Å². The first-order valence-corrected chi connectivity index (χ1v) is 6.03. The van der Waals surface area contributed by atoms with Crippen molar-refractivity contribution in [1.82, 2.24) is 15.5 Å². The minimum absolute atomic E-state index is 0.452. The summed E-state index contributed by atoms with van der Waals surface area (Å²) in [5, 5.41) is 12.5. The molecule has 2 aromatic heterocycles. The predicted molar refractivity (Wildman–Crippen MR) is 62.8 cm³/mol. The molecule has 0 amide bonds. The summed E-state index contributed by atoms with van der Waals surface area (Å²) in [5.41, 5.74) is 1.13. The molecule has 2 aromatic rings. The highest BCUT2D eigenvalue weighted by Crippen LogP contribution is 2.21. The number of H-pyrrole nitrogens is 1. The molecule has 0 fully saturated rings. The number of hydrogen-bond donors (Lipinski definition) is 2. The summed E-state index contributed by atoms with van der Waals surface area (Å²) >= 11 is 1.80. The second-order valence-electron chi connectivity index (χ2n) is 3.44. The number of aromatic amines is 1. The van der Waals surface area contributed by atoms with Crippen LogP contribution in [0.5, 0.6) is 0 Å². The second kappa shape index (κ2) is 5.09. The lowest BCUT2D eigenvalue weighted by Crippen LogP contribution is -2.19. The molecule has 2 rings (SSSR count). The fraction of sp³-hybridized carbons (Fsp3) is 0.364. The molecule has 2 N–H and O–H groups in total. The van der Waals surface area contributed by atoms with E-state index in [9.17, 15) is 0 Å². The summed E-state index contributed by atoms with van der Waals surface area (Å²) in [7, 11) is 0. The third-order valence-electron chi connectivity index (χ3n) is 2.39. The molecule has 1 unspecified atom stereocenters. The molecule has 0 spiro atoms. The zero-order valence-corrected chi connectivity index (χ0v) is 9.55. The Morgan fingerprint density at radius 3 is 3.07 bits per heavy atom. The molecule has 15 heavy (non-hydrogen) atoms. The van der Waals surface area contributed by atoms with Gasteiger partial charge >= 0.3 is 0 Å². The van der Waals surface area contributed by atoms with Gasteiger partial charge in [0, 0.05) is 29.4 Å². The van der Waals surface area contributed by atoms with Gasteiger partial charge in [0.05, 0.1) is 0 Å². The normalized spacial score (nSPS) is 12.9. The Labute approximate surface area is 93.5 Å². The Balaban J connectivity index is 1.92. The fourth-order valence-corrected chi connectivity index (χ4v) is 2.44. The van der Waals surface area contributed by atoms with Crippen LogP contribution in [0, 0.1) is 0 Å². The van der Waals surface area contributed by atoms with E-state index in [0.29, 0.717) is 6.04 Å². The lowest BCUT2D eigenvalue weighted by molar-refractivity contribution is 0.521. The monoisotopic (exact) mass is 221 g/mol. The summed E-state index contributed by atoms with van der Waals surface area (Å²) in [6.45, 7) is 3.04. The van der Waals surface area contributed by atoms with Crippen LogP contribution in [-0.2, 0) is 6.54 Å². The molecule has 0 aliphatic rings. The van der Waals surface area contributed by atoms with Gasteiger partial charge in [0.1, 0.15) is 0 Å². The third kappa shape index (κ3) is 2.67. The van der Waals surface area contributed by atoms with Crippen molar-refractivity contribution in [3.63, 3.8) is 0 Å². The molecule has 0 bridgehead atoms. The summed E-state index contributed by atoms with van der Waals surface area (Å²) in [4.78, 5) is 1.40. The molecule has 1 atom stereocenters. The van der Waals surface area contributed by atoms with E-state index in [2.05, 4.69) is 40.0 Å². The van der Waals surface area contributed by atoms with Crippen LogP contribution in [0.3, 0.4) is 0 Å². The first-order chi connectivity index (χ1) is 7.40. The number of hydrogen-bond acceptors (Lipinski definition) is 3. The lowest BCUT2D eigenvalue weighted by atomic mass is 10.2. The minimum Gasteiger partial charge on any atom is -0.304 e. The fourth-order valence-electron chi connectivity index (χ4n) is 1.55. The number of nitrogens with zero attached hydrogens (tertiary/aromatic N) is 1. The van der Waals surface area contributed by atoms with Crippen molar-refractivity contribution in [3.8, 4) is 0 Å². The van der Waals surface area contributed by atoms with Crippen LogP contribution >= 0.6 is 11.3 Å². The zero-order chi connectivity index (χ0) is 10.5. The molecular formula is C11H15N3S. The average molecular weight is 221 g/mol. The molecule has 80 valence electrons. The van der Waals surface area contributed by atoms with Crippen molar-refractivity contribution in [3.05, 3.63) is 40.3 Å². The molecule has 0 saturated heterocycles. The van der Waals surface area contributed by atoms with Crippen molar-refractivity contribution < 1.29 is 0 Å². The standard InChI is InChI=1S/C11H15N3S/c1-2-10(11-4-3-7-15-11)12-8-9-5-6-13-14-9/h3-7,10,12H,2,8H2,1H3,(H,13,14). The molecule has 4 heteroatoms. The number of nitrogens with one attached hydrogen (secondary N) is 2. The highest BCUT2D eigenvalue weighted by molar-refractivity contribution is 7.10. The van der Waals surface area contributed by atoms with Gasteiger partial charge in [0.25, 0.3) is 0 Å². The minimum atomic E-state index is 0.452. The van der Waals surface area contributed by atoms with Crippen LogP contribution in [-0.4, -0.2) is 10.2 Å². The summed E-state index contributed by atoms with van der Waals surface area (Å²) in [5.74, 6) is 0. The number of rotatable bonds is 5. The van der Waals surface area contributed by atoms with Crippen LogP contribution in [0.4, 0.5) is 0 Å². The van der Waals surface area contributed by atoms with Gasteiger partial charge in [-0.15, -0.1) is 11.3 Å². The van der Waals surface area contributed by atoms with E-state index in [1.165, 1.54) is 4.88 Å². The summed E-state index contributed by atoms with van der Waals surface area (Å²) in [6, 6.07) is 6.72. The first-order valence-electron chi connectivity index (χ1n) is 5.15. The van der Waals surface area contributed by atoms with Crippen molar-refractivity contribution in [2.24, 2.45) is 0 Å². The van der Waals surface area contributed by atoms with Gasteiger partial charge in [-0.1, -0.05) is 13.0 Å². The van der Waals surface area contributed by atoms with Crippen molar-refractivity contribution in [1.29, 1.82) is 0 Å². The van der Waals surface area contributed by atoms with Crippen molar-refractivity contribution in [2.75, 3.05) is 0 Å². The second-order valence-corrected chi connectivity index (χ2v) is 4.42. The van der Waals surface area contributed by atoms with E-state index in [-0.39, 0.29) is 0 Å². The van der Waals surface area contributed by atoms with Gasteiger partial charge < -0.3 is 5.32 Å². The Bertz CT molecular complexity index is 366. The van der Waals surface area contributed by atoms with E-state index in [1.807, 2.05) is 6.07 Å². The largest absolute Gasteiger partial charge is 0.304 e. The van der Waals surface area contributed by atoms with Crippen LogP contribution < -0.4 is 5.32 Å². The SMILES string of the molecule is CCC(NCc1ccn[nH]1)c1cccs1. The molecule has 3 nitrogen and oxygen atoms in total. The van der Waals surface area contributed by atoms with E-state index < -0.39 is 0 Å². The van der Waals surface area contributed by atoms with E-state index in [4.69, 9.17) is 0 Å². The van der Waals surface area contributed by atoms with E-state index in [1.54, 1.807) is 17.5 Å². The maximum Gasteiger partial charge on any atom is 0.0490 e. The summed E-state index contributed by atoms with van der Waals surface area (Å²) < 4.78 is 0. The van der Waals surface area contributed by atoms with Crippen molar-refractivity contribution in [2.45, 2.75) is 25.9 Å². The lowest BCUT2D eigenvalue weighted by Gasteiger charge is -2.14.